The van der Waals surface area contributed by atoms with Crippen LogP contribution in [0, 0.1) is 0 Å². The average Bonchev–Trinajstić information content (AvgIpc) is 2.96. The molecule has 0 saturated heterocycles. The zero-order chi connectivity index (χ0) is 13.0. The maximum absolute atomic E-state index is 5.38. The van der Waals surface area contributed by atoms with Gasteiger partial charge in [0.25, 0.3) is 0 Å². The zero-order valence-corrected chi connectivity index (χ0v) is 11.3. The van der Waals surface area contributed by atoms with E-state index in [1.165, 1.54) is 22.4 Å². The summed E-state index contributed by atoms with van der Waals surface area (Å²) in [5.41, 5.74) is 5.77. The van der Waals surface area contributed by atoms with Gasteiger partial charge in [-0.1, -0.05) is 24.3 Å². The van der Waals surface area contributed by atoms with Crippen molar-refractivity contribution in [2.45, 2.75) is 18.4 Å². The number of nitrogens with zero attached hydrogens (tertiary/aromatic N) is 1. The summed E-state index contributed by atoms with van der Waals surface area (Å²) < 4.78 is 5.38. The Balaban J connectivity index is 1.86. The van der Waals surface area contributed by atoms with E-state index in [9.17, 15) is 0 Å². The van der Waals surface area contributed by atoms with Crippen molar-refractivity contribution in [3.8, 4) is 5.75 Å². The Morgan fingerprint density at radius 3 is 2.79 bits per heavy atom. The Labute approximate surface area is 113 Å². The Bertz CT molecular complexity index is 649. The standard InChI is InChI=1S/C17H17NO/c1-18-16-8-7-12(19-2)10-14(16)15-9-11-5-3-4-6-13(11)17(15)18/h3-8,10,15,17H,9H2,1-2H3/t15-,17-/m0/s1. The highest BCUT2D eigenvalue weighted by atomic mass is 16.5. The van der Waals surface area contributed by atoms with E-state index < -0.39 is 0 Å². The largest absolute Gasteiger partial charge is 0.497 e. The minimum absolute atomic E-state index is 0.498. The van der Waals surface area contributed by atoms with Gasteiger partial charge in [0, 0.05) is 18.7 Å². The predicted octanol–water partition coefficient (Wildman–Crippen LogP) is 3.53. The number of anilines is 1. The van der Waals surface area contributed by atoms with Crippen LogP contribution >= 0.6 is 0 Å². The molecular formula is C17H17NO. The molecule has 0 amide bonds. The van der Waals surface area contributed by atoms with Gasteiger partial charge in [-0.2, -0.15) is 0 Å². The number of ether oxygens (including phenoxy) is 1. The molecule has 0 saturated carbocycles. The topological polar surface area (TPSA) is 12.5 Å². The lowest BCUT2D eigenvalue weighted by atomic mass is 9.96. The Kier molecular flexibility index (Phi) is 2.16. The van der Waals surface area contributed by atoms with Crippen molar-refractivity contribution in [2.75, 3.05) is 19.1 Å². The first-order valence-electron chi connectivity index (χ1n) is 6.78. The van der Waals surface area contributed by atoms with Crippen molar-refractivity contribution >= 4 is 5.69 Å². The summed E-state index contributed by atoms with van der Waals surface area (Å²) in [6.45, 7) is 0. The van der Waals surface area contributed by atoms with Gasteiger partial charge in [-0.25, -0.2) is 0 Å². The summed E-state index contributed by atoms with van der Waals surface area (Å²) in [4.78, 5) is 2.42. The van der Waals surface area contributed by atoms with Crippen LogP contribution in [-0.4, -0.2) is 14.2 Å². The number of fused-ring (bicyclic) bond motifs is 5. The maximum Gasteiger partial charge on any atom is 0.119 e. The molecule has 1 aliphatic heterocycles. The second-order valence-corrected chi connectivity index (χ2v) is 5.49. The third-order valence-electron chi connectivity index (χ3n) is 4.63. The van der Waals surface area contributed by atoms with Gasteiger partial charge in [0.2, 0.25) is 0 Å². The molecule has 2 aromatic rings. The molecule has 4 rings (SSSR count). The number of likely N-dealkylation sites (N-methyl/N-ethyl adjacent to an activating group) is 1. The molecule has 1 heterocycles. The number of rotatable bonds is 1. The highest BCUT2D eigenvalue weighted by molar-refractivity contribution is 5.67. The van der Waals surface area contributed by atoms with Crippen LogP contribution in [-0.2, 0) is 6.42 Å². The van der Waals surface area contributed by atoms with E-state index in [-0.39, 0.29) is 0 Å². The Morgan fingerprint density at radius 1 is 1.11 bits per heavy atom. The van der Waals surface area contributed by atoms with Gasteiger partial charge in [-0.15, -0.1) is 0 Å². The van der Waals surface area contributed by atoms with E-state index in [1.54, 1.807) is 7.11 Å². The summed E-state index contributed by atoms with van der Waals surface area (Å²) >= 11 is 0. The van der Waals surface area contributed by atoms with Crippen molar-refractivity contribution in [1.29, 1.82) is 0 Å². The van der Waals surface area contributed by atoms with Crippen molar-refractivity contribution in [1.82, 2.24) is 0 Å². The van der Waals surface area contributed by atoms with Crippen LogP contribution in [0.2, 0.25) is 0 Å². The number of benzene rings is 2. The van der Waals surface area contributed by atoms with Crippen LogP contribution < -0.4 is 9.64 Å². The normalized spacial score (nSPS) is 22.9. The van der Waals surface area contributed by atoms with Crippen LogP contribution in [0.25, 0.3) is 0 Å². The summed E-state index contributed by atoms with van der Waals surface area (Å²) in [5, 5.41) is 0. The van der Waals surface area contributed by atoms with Crippen LogP contribution in [0.1, 0.15) is 28.7 Å². The van der Waals surface area contributed by atoms with Crippen molar-refractivity contribution < 1.29 is 4.74 Å². The molecule has 0 bridgehead atoms. The molecule has 2 aliphatic rings. The number of hydrogen-bond donors (Lipinski definition) is 0. The van der Waals surface area contributed by atoms with E-state index in [4.69, 9.17) is 4.74 Å². The lowest BCUT2D eigenvalue weighted by Crippen LogP contribution is -2.19. The van der Waals surface area contributed by atoms with Crippen LogP contribution in [0.15, 0.2) is 42.5 Å². The summed E-state index contributed by atoms with van der Waals surface area (Å²) in [6, 6.07) is 15.8. The van der Waals surface area contributed by atoms with Crippen LogP contribution in [0.4, 0.5) is 5.69 Å². The molecule has 0 N–H and O–H groups in total. The monoisotopic (exact) mass is 251 g/mol. The smallest absolute Gasteiger partial charge is 0.119 e. The summed E-state index contributed by atoms with van der Waals surface area (Å²) in [7, 11) is 3.94. The highest BCUT2D eigenvalue weighted by Crippen LogP contribution is 2.54. The first kappa shape index (κ1) is 10.9. The molecule has 1 aliphatic carbocycles. The third-order valence-corrected chi connectivity index (χ3v) is 4.63. The highest BCUT2D eigenvalue weighted by Gasteiger charge is 2.42. The molecule has 2 aromatic carbocycles. The minimum atomic E-state index is 0.498. The van der Waals surface area contributed by atoms with Gasteiger partial charge in [0.05, 0.1) is 13.2 Å². The Morgan fingerprint density at radius 2 is 1.95 bits per heavy atom. The number of methoxy groups -OCH3 is 1. The average molecular weight is 251 g/mol. The molecule has 2 heteroatoms. The van der Waals surface area contributed by atoms with E-state index in [0.717, 1.165) is 12.2 Å². The maximum atomic E-state index is 5.38. The fourth-order valence-corrected chi connectivity index (χ4v) is 3.76. The van der Waals surface area contributed by atoms with E-state index >= 15 is 0 Å². The second-order valence-electron chi connectivity index (χ2n) is 5.49. The van der Waals surface area contributed by atoms with Crippen LogP contribution in [0.3, 0.4) is 0 Å². The van der Waals surface area contributed by atoms with Crippen molar-refractivity contribution in [2.24, 2.45) is 0 Å². The van der Waals surface area contributed by atoms with Gasteiger partial charge < -0.3 is 9.64 Å². The first-order valence-corrected chi connectivity index (χ1v) is 6.78. The van der Waals surface area contributed by atoms with Gasteiger partial charge in [0.15, 0.2) is 0 Å². The molecule has 0 fully saturated rings. The Hall–Kier alpha value is -1.96. The predicted molar refractivity (Wildman–Crippen MR) is 77.0 cm³/mol. The summed E-state index contributed by atoms with van der Waals surface area (Å²) in [5.74, 6) is 1.54. The quantitative estimate of drug-likeness (QED) is 0.769. The molecule has 0 radical (unpaired) electrons. The van der Waals surface area contributed by atoms with E-state index in [0.29, 0.717) is 12.0 Å². The molecule has 2 nitrogen and oxygen atoms in total. The second kappa shape index (κ2) is 3.77. The summed E-state index contributed by atoms with van der Waals surface area (Å²) in [6.07, 6.45) is 1.14. The molecule has 0 aromatic heterocycles. The fourth-order valence-electron chi connectivity index (χ4n) is 3.76. The first-order chi connectivity index (χ1) is 9.29. The van der Waals surface area contributed by atoms with Gasteiger partial charge in [-0.05, 0) is 41.3 Å². The van der Waals surface area contributed by atoms with Crippen molar-refractivity contribution in [3.05, 3.63) is 59.2 Å². The van der Waals surface area contributed by atoms with Crippen LogP contribution in [0.5, 0.6) is 5.75 Å². The zero-order valence-electron chi connectivity index (χ0n) is 11.3. The lowest BCUT2D eigenvalue weighted by molar-refractivity contribution is 0.414. The molecular weight excluding hydrogens is 234 g/mol. The molecule has 0 spiro atoms. The molecule has 96 valence electrons. The lowest BCUT2D eigenvalue weighted by Gasteiger charge is -2.22. The third kappa shape index (κ3) is 1.37. The van der Waals surface area contributed by atoms with E-state index in [1.807, 2.05) is 0 Å². The fraction of sp³-hybridized carbons (Fsp3) is 0.294. The minimum Gasteiger partial charge on any atom is -0.497 e. The van der Waals surface area contributed by atoms with Gasteiger partial charge in [0.1, 0.15) is 5.75 Å². The number of hydrogen-bond acceptors (Lipinski definition) is 2. The SMILES string of the molecule is COc1ccc2c(c1)[C@@H]1Cc3ccccc3[C@@H]1N2C. The molecule has 2 atom stereocenters. The van der Waals surface area contributed by atoms with Crippen molar-refractivity contribution in [3.63, 3.8) is 0 Å². The molecule has 19 heavy (non-hydrogen) atoms. The molecule has 0 unspecified atom stereocenters. The van der Waals surface area contributed by atoms with Gasteiger partial charge in [-0.3, -0.25) is 0 Å². The van der Waals surface area contributed by atoms with E-state index in [2.05, 4.69) is 54.4 Å². The van der Waals surface area contributed by atoms with Gasteiger partial charge >= 0.3 is 0 Å².